The molecule has 3 radical (unpaired) electrons. The van der Waals surface area contributed by atoms with Crippen LogP contribution in [0, 0.1) is 0 Å². The molecule has 1 fully saturated rings. The van der Waals surface area contributed by atoms with Crippen LogP contribution >= 0.6 is 45.9 Å². The molecule has 109 valence electrons. The zero-order chi connectivity index (χ0) is 14.2. The highest BCUT2D eigenvalue weighted by molar-refractivity contribution is 9.74. The second kappa shape index (κ2) is 6.14. The van der Waals surface area contributed by atoms with Crippen molar-refractivity contribution >= 4 is 67.4 Å². The van der Waals surface area contributed by atoms with Crippen LogP contribution in [0.5, 0.6) is 0 Å². The van der Waals surface area contributed by atoms with E-state index in [2.05, 4.69) is 53.9 Å². The highest BCUT2D eigenvalue weighted by atomic mass is 34.1. The van der Waals surface area contributed by atoms with Crippen molar-refractivity contribution in [3.8, 4) is 0 Å². The third-order valence-corrected chi connectivity index (χ3v) is 31.9. The Morgan fingerprint density at radius 2 is 2.10 bits per heavy atom. The van der Waals surface area contributed by atoms with E-state index in [0.717, 1.165) is 18.7 Å². The van der Waals surface area contributed by atoms with Crippen LogP contribution in [-0.4, -0.2) is 27.3 Å². The summed E-state index contributed by atoms with van der Waals surface area (Å²) in [6, 6.07) is 8.55. The maximum Gasteiger partial charge on any atom is 0.0776 e. The van der Waals surface area contributed by atoms with Crippen LogP contribution in [0.3, 0.4) is 0 Å². The zero-order valence-electron chi connectivity index (χ0n) is 11.3. The molecule has 8 heteroatoms. The minimum Gasteiger partial charge on any atom is -0.317 e. The van der Waals surface area contributed by atoms with Crippen molar-refractivity contribution in [1.29, 1.82) is 0 Å². The molecule has 0 N–H and O–H groups in total. The Bertz CT molecular complexity index is 544. The number of fused-ring (bicyclic) bond motifs is 2. The van der Waals surface area contributed by atoms with E-state index in [1.54, 1.807) is 0 Å². The summed E-state index contributed by atoms with van der Waals surface area (Å²) in [6.45, 7) is 5.09. The van der Waals surface area contributed by atoms with E-state index < -0.39 is 16.5 Å². The lowest BCUT2D eigenvalue weighted by Crippen LogP contribution is -2.19. The predicted octanol–water partition coefficient (Wildman–Crippen LogP) is 5.97. The van der Waals surface area contributed by atoms with Crippen LogP contribution in [-0.2, 0) is 4.18 Å². The maximum absolute atomic E-state index is 6.44. The van der Waals surface area contributed by atoms with Gasteiger partial charge in [0.15, 0.2) is 0 Å². The molecule has 1 aromatic rings. The van der Waals surface area contributed by atoms with Crippen LogP contribution in [0.25, 0.3) is 0 Å². The molecule has 0 aromatic heterocycles. The highest BCUT2D eigenvalue weighted by Gasteiger charge is 2.56. The molecule has 1 aromatic carbocycles. The van der Waals surface area contributed by atoms with Gasteiger partial charge in [-0.25, -0.2) is 4.99 Å². The molecule has 1 saturated heterocycles. The summed E-state index contributed by atoms with van der Waals surface area (Å²) in [5.74, 6) is 0. The molecule has 0 aliphatic carbocycles. The first-order valence-electron chi connectivity index (χ1n) is 6.38. The average Bonchev–Trinajstić information content (AvgIpc) is 3.04. The van der Waals surface area contributed by atoms with E-state index >= 15 is 0 Å². The summed E-state index contributed by atoms with van der Waals surface area (Å²) >= 11 is 0. The fourth-order valence-corrected chi connectivity index (χ4v) is 41.5. The second-order valence-corrected chi connectivity index (χ2v) is 21.6. The number of hydrogen-bond donors (Lipinski definition) is 0. The summed E-state index contributed by atoms with van der Waals surface area (Å²) in [5.41, 5.74) is 3.34. The van der Waals surface area contributed by atoms with Gasteiger partial charge in [-0.3, -0.25) is 0 Å². The van der Waals surface area contributed by atoms with E-state index in [9.17, 15) is 0 Å². The largest absolute Gasteiger partial charge is 0.317 e. The molecule has 3 atom stereocenters. The molecule has 0 saturated carbocycles. The fourth-order valence-electron chi connectivity index (χ4n) is 2.16. The van der Waals surface area contributed by atoms with Crippen molar-refractivity contribution in [2.75, 3.05) is 6.61 Å². The highest BCUT2D eigenvalue weighted by Crippen LogP contribution is 3.06. The Morgan fingerprint density at radius 1 is 1.30 bits per heavy atom. The molecule has 2 aliphatic rings. The Balaban J connectivity index is 2.14. The standard InChI is InChI=1S/C12H16NOS5Si/c1-3-12(20)19(14-4-2)17-15-16-18(19)9-13-10-7-5-6-8-11(10)18/h5-9,12H,3-4H2,1-2H3. The maximum atomic E-state index is 6.44. The third-order valence-electron chi connectivity index (χ3n) is 3.10. The lowest BCUT2D eigenvalue weighted by atomic mass is 10.3. The van der Waals surface area contributed by atoms with Crippen LogP contribution in [0.1, 0.15) is 20.3 Å². The SMILES string of the molecule is CCOS1(C([Si])CC)SSSS12C=Nc1ccccc12. The van der Waals surface area contributed by atoms with Gasteiger partial charge in [-0.15, -0.1) is 0 Å². The number of nitrogens with zero attached hydrogens (tertiary/aromatic N) is 1. The molecule has 3 rings (SSSR count). The Hall–Kier alpha value is 0.817. The van der Waals surface area contributed by atoms with Crippen molar-refractivity contribution in [3.05, 3.63) is 24.3 Å². The average molecular weight is 379 g/mol. The molecule has 0 bridgehead atoms. The van der Waals surface area contributed by atoms with Crippen molar-refractivity contribution < 1.29 is 4.18 Å². The van der Waals surface area contributed by atoms with E-state index in [1.807, 2.05) is 29.5 Å². The molecule has 2 aliphatic heterocycles. The molecular weight excluding hydrogens is 363 g/mol. The molecule has 3 unspecified atom stereocenters. The van der Waals surface area contributed by atoms with Gasteiger partial charge < -0.3 is 4.18 Å². The molecule has 2 nitrogen and oxygen atoms in total. The van der Waals surface area contributed by atoms with E-state index in [0.29, 0.717) is 4.87 Å². The van der Waals surface area contributed by atoms with Gasteiger partial charge in [-0.1, -0.05) is 27.1 Å². The lowest BCUT2D eigenvalue weighted by molar-refractivity contribution is 0.395. The minimum absolute atomic E-state index is 0.391. The van der Waals surface area contributed by atoms with Gasteiger partial charge in [0, 0.05) is 29.8 Å². The van der Waals surface area contributed by atoms with Crippen molar-refractivity contribution in [2.24, 2.45) is 4.99 Å². The first-order valence-corrected chi connectivity index (χ1v) is 15.3. The van der Waals surface area contributed by atoms with Gasteiger partial charge >= 0.3 is 0 Å². The zero-order valence-corrected chi connectivity index (χ0v) is 16.4. The summed E-state index contributed by atoms with van der Waals surface area (Å²) < 4.78 is 6.44. The third kappa shape index (κ3) is 2.14. The van der Waals surface area contributed by atoms with Gasteiger partial charge in [0.05, 0.1) is 17.8 Å². The van der Waals surface area contributed by atoms with Gasteiger partial charge in [0.2, 0.25) is 0 Å². The lowest BCUT2D eigenvalue weighted by Gasteiger charge is -2.50. The monoisotopic (exact) mass is 378 g/mol. The Labute approximate surface area is 136 Å². The van der Waals surface area contributed by atoms with Crippen LogP contribution in [0.4, 0.5) is 5.69 Å². The fraction of sp³-hybridized carbons (Fsp3) is 0.417. The number of aliphatic imine (C=N–C) groups is 1. The number of benzene rings is 1. The Morgan fingerprint density at radius 3 is 2.85 bits per heavy atom. The number of para-hydroxylation sites is 1. The smallest absolute Gasteiger partial charge is 0.0776 e. The summed E-state index contributed by atoms with van der Waals surface area (Å²) in [6.07, 6.45) is 1.07. The quantitative estimate of drug-likeness (QED) is 0.475. The topological polar surface area (TPSA) is 21.6 Å². The normalized spacial score (nSPS) is 39.1. The summed E-state index contributed by atoms with van der Waals surface area (Å²) in [5, 5.41) is 0. The van der Waals surface area contributed by atoms with Gasteiger partial charge in [-0.05, 0) is 53.5 Å². The number of rotatable bonds is 4. The molecule has 20 heavy (non-hydrogen) atoms. The molecule has 2 heterocycles. The van der Waals surface area contributed by atoms with Gasteiger partial charge in [0.1, 0.15) is 0 Å². The van der Waals surface area contributed by atoms with Crippen LogP contribution in [0.2, 0.25) is 0 Å². The summed E-state index contributed by atoms with van der Waals surface area (Å²) in [7, 11) is 7.29. The molecule has 0 amide bonds. The first kappa shape index (κ1) is 15.7. The Kier molecular flexibility index (Phi) is 4.82. The van der Waals surface area contributed by atoms with Crippen molar-refractivity contribution in [1.82, 2.24) is 0 Å². The van der Waals surface area contributed by atoms with Crippen molar-refractivity contribution in [2.45, 2.75) is 30.0 Å². The minimum atomic E-state index is -1.30. The summed E-state index contributed by atoms with van der Waals surface area (Å²) in [4.78, 5) is 6.50. The van der Waals surface area contributed by atoms with Crippen LogP contribution in [0.15, 0.2) is 34.2 Å². The van der Waals surface area contributed by atoms with E-state index in [1.165, 1.54) is 4.90 Å². The van der Waals surface area contributed by atoms with Crippen molar-refractivity contribution in [3.63, 3.8) is 0 Å². The van der Waals surface area contributed by atoms with Gasteiger partial charge in [-0.2, -0.15) is 0 Å². The van der Waals surface area contributed by atoms with Crippen LogP contribution < -0.4 is 0 Å². The molecular formula is C12H16NOS5Si. The second-order valence-electron chi connectivity index (χ2n) is 4.25. The first-order chi connectivity index (χ1) is 9.70. The van der Waals surface area contributed by atoms with E-state index in [4.69, 9.17) is 9.18 Å². The molecule has 1 spiro atoms. The van der Waals surface area contributed by atoms with E-state index in [-0.39, 0.29) is 0 Å². The number of hydrogen-bond acceptors (Lipinski definition) is 5. The van der Waals surface area contributed by atoms with Gasteiger partial charge in [0.25, 0.3) is 0 Å². The predicted molar refractivity (Wildman–Crippen MR) is 102 cm³/mol.